The Morgan fingerprint density at radius 3 is 2.17 bits per heavy atom. The number of piperidine rings is 1. The monoisotopic (exact) mass is 412 g/mol. The lowest BCUT2D eigenvalue weighted by Gasteiger charge is -2.38. The van der Waals surface area contributed by atoms with Gasteiger partial charge in [-0.3, -0.25) is 9.69 Å². The van der Waals surface area contributed by atoms with Gasteiger partial charge in [-0.15, -0.1) is 0 Å². The Balaban J connectivity index is 1.53. The van der Waals surface area contributed by atoms with E-state index in [4.69, 9.17) is 0 Å². The topological polar surface area (TPSA) is 23.6 Å². The number of carbonyl (C=O) groups excluding carboxylic acids is 1. The van der Waals surface area contributed by atoms with Crippen LogP contribution in [-0.4, -0.2) is 29.9 Å². The van der Waals surface area contributed by atoms with Crippen LogP contribution < -0.4 is 4.90 Å². The van der Waals surface area contributed by atoms with Crippen molar-refractivity contribution >= 4 is 22.9 Å². The Hall–Kier alpha value is -2.57. The summed E-state index contributed by atoms with van der Waals surface area (Å²) >= 11 is 1.70. The number of thiophene rings is 1. The SMILES string of the molecule is O=C(c1ccc(F)cc1)N(c1ccc(F)cc1)C1CCN(Cc2ccsc2)CC1. The lowest BCUT2D eigenvalue weighted by Crippen LogP contribution is -2.47. The molecule has 0 bridgehead atoms. The summed E-state index contributed by atoms with van der Waals surface area (Å²) in [6.07, 6.45) is 1.66. The molecular formula is C23H22F2N2OS. The van der Waals surface area contributed by atoms with Crippen LogP contribution in [0.2, 0.25) is 0 Å². The first kappa shape index (κ1) is 19.7. The molecular weight excluding hydrogens is 390 g/mol. The molecule has 1 fully saturated rings. The van der Waals surface area contributed by atoms with Gasteiger partial charge in [0.05, 0.1) is 0 Å². The third-order valence-corrected chi connectivity index (χ3v) is 6.06. The fraction of sp³-hybridized carbons (Fsp3) is 0.261. The number of rotatable bonds is 5. The molecule has 3 nitrogen and oxygen atoms in total. The number of nitrogens with zero attached hydrogens (tertiary/aromatic N) is 2. The van der Waals surface area contributed by atoms with Crippen molar-refractivity contribution in [2.24, 2.45) is 0 Å². The number of benzene rings is 2. The zero-order valence-corrected chi connectivity index (χ0v) is 16.7. The van der Waals surface area contributed by atoms with Gasteiger partial charge in [0.25, 0.3) is 5.91 Å². The summed E-state index contributed by atoms with van der Waals surface area (Å²) in [5, 5.41) is 4.24. The molecule has 1 aliphatic rings. The van der Waals surface area contributed by atoms with Gasteiger partial charge in [0.15, 0.2) is 0 Å². The number of amides is 1. The van der Waals surface area contributed by atoms with Crippen molar-refractivity contribution in [3.05, 3.63) is 88.1 Å². The third-order valence-electron chi connectivity index (χ3n) is 5.32. The Morgan fingerprint density at radius 1 is 0.966 bits per heavy atom. The van der Waals surface area contributed by atoms with E-state index in [2.05, 4.69) is 21.7 Å². The number of likely N-dealkylation sites (tertiary alicyclic amines) is 1. The standard InChI is InChI=1S/C23H22F2N2OS/c24-19-3-1-18(2-4-19)23(28)27(21-7-5-20(25)6-8-21)22-9-12-26(13-10-22)15-17-11-14-29-16-17/h1-8,11,14,16,22H,9-10,12-13,15H2. The predicted octanol–water partition coefficient (Wildman–Crippen LogP) is 5.34. The van der Waals surface area contributed by atoms with E-state index in [-0.39, 0.29) is 23.6 Å². The van der Waals surface area contributed by atoms with Gasteiger partial charge >= 0.3 is 0 Å². The minimum atomic E-state index is -0.378. The second-order valence-electron chi connectivity index (χ2n) is 7.30. The minimum absolute atomic E-state index is 0.0109. The van der Waals surface area contributed by atoms with E-state index in [0.717, 1.165) is 32.5 Å². The first-order valence-electron chi connectivity index (χ1n) is 9.68. The highest BCUT2D eigenvalue weighted by Crippen LogP contribution is 2.27. The highest BCUT2D eigenvalue weighted by Gasteiger charge is 2.30. The maximum atomic E-state index is 13.4. The van der Waals surface area contributed by atoms with Crippen LogP contribution in [-0.2, 0) is 6.54 Å². The van der Waals surface area contributed by atoms with Crippen LogP contribution in [0.25, 0.3) is 0 Å². The van der Waals surface area contributed by atoms with E-state index < -0.39 is 0 Å². The summed E-state index contributed by atoms with van der Waals surface area (Å²) in [4.78, 5) is 17.4. The summed E-state index contributed by atoms with van der Waals surface area (Å²) in [7, 11) is 0. The van der Waals surface area contributed by atoms with Gasteiger partial charge in [0.1, 0.15) is 11.6 Å². The Bertz CT molecular complexity index is 934. The predicted molar refractivity (Wildman–Crippen MR) is 112 cm³/mol. The van der Waals surface area contributed by atoms with E-state index in [1.165, 1.54) is 42.0 Å². The first-order chi connectivity index (χ1) is 14.1. The molecule has 2 heterocycles. The fourth-order valence-electron chi connectivity index (χ4n) is 3.80. The van der Waals surface area contributed by atoms with E-state index in [1.54, 1.807) is 28.4 Å². The Labute approximate surface area is 173 Å². The smallest absolute Gasteiger partial charge is 0.258 e. The van der Waals surface area contributed by atoms with Crippen LogP contribution in [0.15, 0.2) is 65.4 Å². The van der Waals surface area contributed by atoms with Crippen molar-refractivity contribution in [1.29, 1.82) is 0 Å². The van der Waals surface area contributed by atoms with Crippen LogP contribution in [0.4, 0.5) is 14.5 Å². The molecule has 4 rings (SSSR count). The number of hydrogen-bond acceptors (Lipinski definition) is 3. The number of anilines is 1. The Morgan fingerprint density at radius 2 is 1.59 bits per heavy atom. The van der Waals surface area contributed by atoms with Gasteiger partial charge in [0.2, 0.25) is 0 Å². The van der Waals surface area contributed by atoms with E-state index >= 15 is 0 Å². The second kappa shape index (κ2) is 8.84. The van der Waals surface area contributed by atoms with Crippen LogP contribution in [0.5, 0.6) is 0 Å². The molecule has 0 saturated carbocycles. The summed E-state index contributed by atoms with van der Waals surface area (Å²) in [6, 6.07) is 13.7. The van der Waals surface area contributed by atoms with Gasteiger partial charge in [-0.05, 0) is 83.8 Å². The highest BCUT2D eigenvalue weighted by molar-refractivity contribution is 7.07. The van der Waals surface area contributed by atoms with Crippen LogP contribution in [0.3, 0.4) is 0 Å². The molecule has 29 heavy (non-hydrogen) atoms. The summed E-state index contributed by atoms with van der Waals surface area (Å²) in [5.41, 5.74) is 2.40. The van der Waals surface area contributed by atoms with E-state index in [1.807, 2.05) is 0 Å². The van der Waals surface area contributed by atoms with E-state index in [9.17, 15) is 13.6 Å². The van der Waals surface area contributed by atoms with Gasteiger partial charge in [-0.1, -0.05) is 0 Å². The number of hydrogen-bond donors (Lipinski definition) is 0. The van der Waals surface area contributed by atoms with Crippen molar-refractivity contribution in [2.45, 2.75) is 25.4 Å². The molecule has 1 saturated heterocycles. The Kier molecular flexibility index (Phi) is 6.02. The molecule has 1 amide bonds. The molecule has 3 aromatic rings. The van der Waals surface area contributed by atoms with Crippen LogP contribution >= 0.6 is 11.3 Å². The van der Waals surface area contributed by atoms with Crippen LogP contribution in [0.1, 0.15) is 28.8 Å². The van der Waals surface area contributed by atoms with Crippen molar-refractivity contribution in [3.63, 3.8) is 0 Å². The average Bonchev–Trinajstić information content (AvgIpc) is 3.24. The molecule has 6 heteroatoms. The van der Waals surface area contributed by atoms with Gasteiger partial charge in [-0.25, -0.2) is 8.78 Å². The van der Waals surface area contributed by atoms with Crippen molar-refractivity contribution < 1.29 is 13.6 Å². The molecule has 0 atom stereocenters. The van der Waals surface area contributed by atoms with Crippen molar-refractivity contribution in [1.82, 2.24) is 4.90 Å². The van der Waals surface area contributed by atoms with Crippen molar-refractivity contribution in [3.8, 4) is 0 Å². The summed E-state index contributed by atoms with van der Waals surface area (Å²) < 4.78 is 26.7. The molecule has 2 aromatic carbocycles. The molecule has 0 radical (unpaired) electrons. The minimum Gasteiger partial charge on any atom is -0.305 e. The quantitative estimate of drug-likeness (QED) is 0.565. The summed E-state index contributed by atoms with van der Waals surface area (Å²) in [6.45, 7) is 2.68. The van der Waals surface area contributed by atoms with Gasteiger partial charge in [0, 0.05) is 36.9 Å². The van der Waals surface area contributed by atoms with Crippen LogP contribution in [0, 0.1) is 11.6 Å². The largest absolute Gasteiger partial charge is 0.305 e. The molecule has 0 N–H and O–H groups in total. The van der Waals surface area contributed by atoms with Crippen molar-refractivity contribution in [2.75, 3.05) is 18.0 Å². The fourth-order valence-corrected chi connectivity index (χ4v) is 4.46. The molecule has 0 aliphatic carbocycles. The normalized spacial score (nSPS) is 15.4. The lowest BCUT2D eigenvalue weighted by atomic mass is 10.0. The highest BCUT2D eigenvalue weighted by atomic mass is 32.1. The maximum Gasteiger partial charge on any atom is 0.258 e. The van der Waals surface area contributed by atoms with Gasteiger partial charge in [-0.2, -0.15) is 11.3 Å². The maximum absolute atomic E-state index is 13.4. The molecule has 150 valence electrons. The molecule has 1 aliphatic heterocycles. The lowest BCUT2D eigenvalue weighted by molar-refractivity contribution is 0.0958. The average molecular weight is 413 g/mol. The van der Waals surface area contributed by atoms with Gasteiger partial charge < -0.3 is 4.90 Å². The zero-order chi connectivity index (χ0) is 20.2. The second-order valence-corrected chi connectivity index (χ2v) is 8.08. The summed E-state index contributed by atoms with van der Waals surface area (Å²) in [5.74, 6) is -0.905. The zero-order valence-electron chi connectivity index (χ0n) is 15.9. The number of carbonyl (C=O) groups is 1. The third kappa shape index (κ3) is 4.71. The molecule has 0 spiro atoms. The first-order valence-corrected chi connectivity index (χ1v) is 10.6. The number of halogens is 2. The van der Waals surface area contributed by atoms with E-state index in [0.29, 0.717) is 11.3 Å². The molecule has 0 unspecified atom stereocenters. The molecule has 1 aromatic heterocycles.